The molecule has 0 atom stereocenters. The van der Waals surface area contributed by atoms with Crippen LogP contribution in [0, 0.1) is 5.82 Å². The van der Waals surface area contributed by atoms with Crippen molar-refractivity contribution < 1.29 is 35.5 Å². The highest BCUT2D eigenvalue weighted by atomic mass is 32.2. The summed E-state index contributed by atoms with van der Waals surface area (Å²) < 4.78 is 91.3. The van der Waals surface area contributed by atoms with Gasteiger partial charge >= 0.3 is 6.18 Å². The Bertz CT molecular complexity index is 1070. The number of alkyl halides is 3. The van der Waals surface area contributed by atoms with Gasteiger partial charge in [0, 0.05) is 43.9 Å². The molecule has 168 valence electrons. The molecule has 0 spiro atoms. The first-order valence-electron chi connectivity index (χ1n) is 9.57. The predicted octanol–water partition coefficient (Wildman–Crippen LogP) is 3.22. The van der Waals surface area contributed by atoms with E-state index in [0.29, 0.717) is 23.4 Å². The minimum absolute atomic E-state index is 0.0238. The van der Waals surface area contributed by atoms with Crippen molar-refractivity contribution in [3.63, 3.8) is 0 Å². The summed E-state index contributed by atoms with van der Waals surface area (Å²) in [6.07, 6.45) is -4.77. The van der Waals surface area contributed by atoms with Gasteiger partial charge in [-0.15, -0.1) is 0 Å². The third kappa shape index (κ3) is 4.54. The van der Waals surface area contributed by atoms with E-state index in [0.717, 1.165) is 22.5 Å². The smallest absolute Gasteiger partial charge is 0.417 e. The molecule has 0 aromatic heterocycles. The molecule has 0 unspecified atom stereocenters. The monoisotopic (exact) mass is 460 g/mol. The largest absolute Gasteiger partial charge is 0.467 e. The van der Waals surface area contributed by atoms with Gasteiger partial charge in [-0.05, 0) is 24.3 Å². The Morgan fingerprint density at radius 1 is 1.03 bits per heavy atom. The maximum absolute atomic E-state index is 13.9. The highest BCUT2D eigenvalue weighted by Gasteiger charge is 2.39. The van der Waals surface area contributed by atoms with E-state index in [1.807, 2.05) is 4.90 Å². The zero-order chi connectivity index (χ0) is 22.2. The molecule has 31 heavy (non-hydrogen) atoms. The molecule has 2 aromatic rings. The highest BCUT2D eigenvalue weighted by molar-refractivity contribution is 7.89. The average molecular weight is 460 g/mol. The number of piperazine rings is 1. The third-order valence-electron chi connectivity index (χ3n) is 5.29. The second kappa shape index (κ2) is 8.38. The van der Waals surface area contributed by atoms with Gasteiger partial charge in [0.2, 0.25) is 10.0 Å². The van der Waals surface area contributed by atoms with Crippen LogP contribution in [0.3, 0.4) is 0 Å². The lowest BCUT2D eigenvalue weighted by atomic mass is 10.1. The van der Waals surface area contributed by atoms with Crippen LogP contribution in [-0.4, -0.2) is 50.6 Å². The summed E-state index contributed by atoms with van der Waals surface area (Å²) in [6, 6.07) is 6.89. The van der Waals surface area contributed by atoms with Gasteiger partial charge in [0.25, 0.3) is 0 Å². The van der Waals surface area contributed by atoms with E-state index in [-0.39, 0.29) is 39.6 Å². The summed E-state index contributed by atoms with van der Waals surface area (Å²) in [5.74, 6) is 0.134. The van der Waals surface area contributed by atoms with Crippen LogP contribution >= 0.6 is 0 Å². The molecule has 0 bridgehead atoms. The Balaban J connectivity index is 1.48. The van der Waals surface area contributed by atoms with Crippen molar-refractivity contribution in [1.29, 1.82) is 0 Å². The lowest BCUT2D eigenvalue weighted by Gasteiger charge is -2.35. The number of ether oxygens (including phenoxy) is 2. The third-order valence-corrected chi connectivity index (χ3v) is 7.24. The molecule has 0 aliphatic carbocycles. The Hall–Kier alpha value is -2.21. The van der Waals surface area contributed by atoms with Gasteiger partial charge in [0.1, 0.15) is 11.6 Å². The molecule has 6 nitrogen and oxygen atoms in total. The summed E-state index contributed by atoms with van der Waals surface area (Å²) in [5.41, 5.74) is 0.0476. The molecule has 0 amide bonds. The summed E-state index contributed by atoms with van der Waals surface area (Å²) in [6.45, 7) is 1.25. The first-order valence-corrected chi connectivity index (χ1v) is 11.0. The Morgan fingerprint density at radius 3 is 2.45 bits per heavy atom. The van der Waals surface area contributed by atoms with Crippen LogP contribution in [0.2, 0.25) is 0 Å². The second-order valence-electron chi connectivity index (χ2n) is 7.34. The minimum atomic E-state index is -4.77. The molecule has 0 radical (unpaired) electrons. The molecule has 0 saturated carbocycles. The van der Waals surface area contributed by atoms with Crippen LogP contribution < -0.4 is 4.74 Å². The van der Waals surface area contributed by atoms with Crippen molar-refractivity contribution in [2.75, 3.05) is 33.0 Å². The van der Waals surface area contributed by atoms with E-state index in [9.17, 15) is 26.0 Å². The van der Waals surface area contributed by atoms with E-state index < -0.39 is 32.5 Å². The number of halogens is 4. The number of benzene rings is 2. The fourth-order valence-electron chi connectivity index (χ4n) is 3.81. The molecule has 0 N–H and O–H groups in total. The van der Waals surface area contributed by atoms with E-state index >= 15 is 0 Å². The number of fused-ring (bicyclic) bond motifs is 1. The molecular weight excluding hydrogens is 440 g/mol. The van der Waals surface area contributed by atoms with E-state index in [1.165, 1.54) is 18.2 Å². The van der Waals surface area contributed by atoms with E-state index in [4.69, 9.17) is 9.47 Å². The van der Waals surface area contributed by atoms with Crippen molar-refractivity contribution in [2.24, 2.45) is 0 Å². The zero-order valence-electron chi connectivity index (χ0n) is 16.4. The quantitative estimate of drug-likeness (QED) is 0.656. The van der Waals surface area contributed by atoms with Crippen LogP contribution in [0.5, 0.6) is 5.75 Å². The Labute approximate surface area is 177 Å². The van der Waals surface area contributed by atoms with Gasteiger partial charge in [-0.2, -0.15) is 17.5 Å². The normalized spacial score (nSPS) is 18.5. The van der Waals surface area contributed by atoms with Crippen LogP contribution in [0.25, 0.3) is 0 Å². The highest BCUT2D eigenvalue weighted by Crippen LogP contribution is 2.35. The number of sulfonamides is 1. The lowest BCUT2D eigenvalue weighted by Crippen LogP contribution is -2.48. The molecule has 1 fully saturated rings. The summed E-state index contributed by atoms with van der Waals surface area (Å²) in [5, 5.41) is 0. The van der Waals surface area contributed by atoms with Crippen molar-refractivity contribution in [2.45, 2.75) is 24.2 Å². The topological polar surface area (TPSA) is 59.1 Å². The lowest BCUT2D eigenvalue weighted by molar-refractivity contribution is -0.139. The fraction of sp³-hybridized carbons (Fsp3) is 0.400. The molecular formula is C20H20F4N2O4S. The van der Waals surface area contributed by atoms with Crippen molar-refractivity contribution in [3.05, 3.63) is 58.9 Å². The maximum Gasteiger partial charge on any atom is 0.417 e. The molecule has 2 aromatic carbocycles. The summed E-state index contributed by atoms with van der Waals surface area (Å²) in [4.78, 5) is 1.17. The van der Waals surface area contributed by atoms with Crippen molar-refractivity contribution in [3.8, 4) is 5.75 Å². The Kier molecular flexibility index (Phi) is 5.95. The van der Waals surface area contributed by atoms with Crippen LogP contribution in [0.15, 0.2) is 41.3 Å². The van der Waals surface area contributed by atoms with E-state index in [2.05, 4.69) is 0 Å². The van der Waals surface area contributed by atoms with E-state index in [1.54, 1.807) is 0 Å². The molecule has 1 saturated heterocycles. The molecule has 11 heteroatoms. The van der Waals surface area contributed by atoms with Gasteiger partial charge in [0.15, 0.2) is 6.79 Å². The standard InChI is InChI=1S/C20H20F4N2O4S/c21-16-9-14(19-15(10-16)12-29-13-30-19)11-25-5-7-26(8-6-25)31(27,28)18-4-2-1-3-17(18)20(22,23)24/h1-4,9-10H,5-8,11-13H2. The SMILES string of the molecule is O=S(=O)(c1ccccc1C(F)(F)F)N1CCN(Cc2cc(F)cc3c2OCOC3)CC1. The zero-order valence-corrected chi connectivity index (χ0v) is 17.2. The van der Waals surface area contributed by atoms with Gasteiger partial charge < -0.3 is 9.47 Å². The first kappa shape index (κ1) is 22.0. The van der Waals surface area contributed by atoms with Crippen molar-refractivity contribution >= 4 is 10.0 Å². The van der Waals surface area contributed by atoms with Crippen LogP contribution in [-0.2, 0) is 34.1 Å². The van der Waals surface area contributed by atoms with Gasteiger partial charge in [0.05, 0.1) is 17.1 Å². The second-order valence-corrected chi connectivity index (χ2v) is 9.24. The fourth-order valence-corrected chi connectivity index (χ4v) is 5.44. The summed E-state index contributed by atoms with van der Waals surface area (Å²) in [7, 11) is -4.31. The summed E-state index contributed by atoms with van der Waals surface area (Å²) >= 11 is 0. The minimum Gasteiger partial charge on any atom is -0.467 e. The number of hydrogen-bond acceptors (Lipinski definition) is 5. The van der Waals surface area contributed by atoms with Gasteiger partial charge in [-0.25, -0.2) is 12.8 Å². The first-order chi connectivity index (χ1) is 14.7. The number of hydrogen-bond donors (Lipinski definition) is 0. The van der Waals surface area contributed by atoms with Gasteiger partial charge in [-0.3, -0.25) is 4.90 Å². The van der Waals surface area contributed by atoms with Crippen LogP contribution in [0.4, 0.5) is 17.6 Å². The van der Waals surface area contributed by atoms with Gasteiger partial charge in [-0.1, -0.05) is 12.1 Å². The average Bonchev–Trinajstić information content (AvgIpc) is 2.73. The molecule has 4 rings (SSSR count). The van der Waals surface area contributed by atoms with Crippen LogP contribution in [0.1, 0.15) is 16.7 Å². The molecule has 2 heterocycles. The maximum atomic E-state index is 13.9. The number of rotatable bonds is 4. The molecule has 2 aliphatic rings. The predicted molar refractivity (Wildman–Crippen MR) is 102 cm³/mol. The Morgan fingerprint density at radius 2 is 1.74 bits per heavy atom. The van der Waals surface area contributed by atoms with Crippen molar-refractivity contribution in [1.82, 2.24) is 9.21 Å². The molecule has 2 aliphatic heterocycles. The number of nitrogens with zero attached hydrogens (tertiary/aromatic N) is 2.